The molecule has 0 aromatic heterocycles. The predicted molar refractivity (Wildman–Crippen MR) is 71.6 cm³/mol. The molecule has 6 nitrogen and oxygen atoms in total. The lowest BCUT2D eigenvalue weighted by atomic mass is 10.0. The number of carbonyl (C=O) groups is 3. The average molecular weight is 270 g/mol. The molecule has 2 N–H and O–H groups in total. The lowest BCUT2D eigenvalue weighted by Crippen LogP contribution is -2.52. The van der Waals surface area contributed by atoms with Gasteiger partial charge in [0.2, 0.25) is 5.91 Å². The van der Waals surface area contributed by atoms with Crippen molar-refractivity contribution in [1.82, 2.24) is 10.6 Å². The quantitative estimate of drug-likeness (QED) is 0.676. The van der Waals surface area contributed by atoms with Crippen LogP contribution in [-0.2, 0) is 14.3 Å². The van der Waals surface area contributed by atoms with Gasteiger partial charge in [-0.2, -0.15) is 0 Å². The molecule has 0 spiro atoms. The third-order valence-electron chi connectivity index (χ3n) is 2.52. The summed E-state index contributed by atoms with van der Waals surface area (Å²) in [6.45, 7) is 10.0. The lowest BCUT2D eigenvalue weighted by Gasteiger charge is -2.22. The number of rotatable bonds is 7. The Kier molecular flexibility index (Phi) is 7.48. The summed E-state index contributed by atoms with van der Waals surface area (Å²) in [6.07, 6.45) is 0.742. The zero-order valence-electron chi connectivity index (χ0n) is 11.9. The monoisotopic (exact) mass is 270 g/mol. The number of Topliss-reactive ketones (excluding diaryl/α,β-unsaturated/α-hetero) is 1. The van der Waals surface area contributed by atoms with Gasteiger partial charge in [0.15, 0.2) is 5.78 Å². The van der Waals surface area contributed by atoms with Gasteiger partial charge in [0.05, 0.1) is 6.04 Å². The van der Waals surface area contributed by atoms with Crippen LogP contribution in [0.2, 0.25) is 0 Å². The highest BCUT2D eigenvalue weighted by molar-refractivity contribution is 5.91. The number of ketones is 1. The van der Waals surface area contributed by atoms with Gasteiger partial charge < -0.3 is 15.4 Å². The Morgan fingerprint density at radius 3 is 2.21 bits per heavy atom. The van der Waals surface area contributed by atoms with Crippen LogP contribution in [0.4, 0.5) is 4.79 Å². The van der Waals surface area contributed by atoms with E-state index in [-0.39, 0.29) is 18.3 Å². The first-order chi connectivity index (χ1) is 8.79. The van der Waals surface area contributed by atoms with E-state index in [4.69, 9.17) is 4.74 Å². The third-order valence-corrected chi connectivity index (χ3v) is 2.52. The van der Waals surface area contributed by atoms with E-state index < -0.39 is 24.1 Å². The molecule has 19 heavy (non-hydrogen) atoms. The van der Waals surface area contributed by atoms with Crippen LogP contribution in [-0.4, -0.2) is 36.5 Å². The van der Waals surface area contributed by atoms with Gasteiger partial charge in [-0.15, -0.1) is 0 Å². The molecule has 0 aliphatic heterocycles. The molecule has 0 fully saturated rings. The maximum atomic E-state index is 12.0. The minimum atomic E-state index is -0.751. The van der Waals surface area contributed by atoms with Crippen LogP contribution >= 0.6 is 0 Å². The van der Waals surface area contributed by atoms with E-state index in [0.717, 1.165) is 0 Å². The summed E-state index contributed by atoms with van der Waals surface area (Å²) < 4.78 is 4.76. The van der Waals surface area contributed by atoms with Gasteiger partial charge in [0.25, 0.3) is 0 Å². The molecule has 0 bridgehead atoms. The fourth-order valence-corrected chi connectivity index (χ4v) is 1.24. The molecule has 108 valence electrons. The number of ether oxygens (including phenoxy) is 1. The van der Waals surface area contributed by atoms with Gasteiger partial charge in [-0.05, 0) is 19.8 Å². The molecule has 0 aromatic carbocycles. The zero-order chi connectivity index (χ0) is 15.0. The summed E-state index contributed by atoms with van der Waals surface area (Å²) in [5.41, 5.74) is 0. The van der Waals surface area contributed by atoms with Crippen LogP contribution in [0.3, 0.4) is 0 Å². The summed E-state index contributed by atoms with van der Waals surface area (Å²) in [5.74, 6) is -0.686. The fraction of sp³-hybridized carbons (Fsp3) is 0.615. The second kappa shape index (κ2) is 8.29. The van der Waals surface area contributed by atoms with Crippen LogP contribution in [0, 0.1) is 5.92 Å². The second-order valence-corrected chi connectivity index (χ2v) is 4.59. The molecule has 0 heterocycles. The molecule has 0 aliphatic carbocycles. The first-order valence-electron chi connectivity index (χ1n) is 6.14. The van der Waals surface area contributed by atoms with Crippen LogP contribution in [0.25, 0.3) is 0 Å². The maximum Gasteiger partial charge on any atom is 0.408 e. The minimum absolute atomic E-state index is 0.0715. The highest BCUT2D eigenvalue weighted by Gasteiger charge is 2.26. The van der Waals surface area contributed by atoms with Crippen molar-refractivity contribution in [3.05, 3.63) is 12.7 Å². The van der Waals surface area contributed by atoms with E-state index >= 15 is 0 Å². The summed E-state index contributed by atoms with van der Waals surface area (Å²) in [5, 5.41) is 5.01. The van der Waals surface area contributed by atoms with E-state index in [0.29, 0.717) is 0 Å². The Labute approximate surface area is 113 Å². The summed E-state index contributed by atoms with van der Waals surface area (Å²) in [7, 11) is 0. The zero-order valence-corrected chi connectivity index (χ0v) is 11.9. The van der Waals surface area contributed by atoms with Crippen LogP contribution in [0.5, 0.6) is 0 Å². The number of carbonyl (C=O) groups excluding carboxylic acids is 3. The first kappa shape index (κ1) is 17.2. The number of amides is 2. The number of hydrogen-bond acceptors (Lipinski definition) is 4. The van der Waals surface area contributed by atoms with Crippen molar-refractivity contribution in [3.8, 4) is 0 Å². The highest BCUT2D eigenvalue weighted by Crippen LogP contribution is 2.03. The van der Waals surface area contributed by atoms with Crippen molar-refractivity contribution in [2.45, 2.75) is 39.8 Å². The van der Waals surface area contributed by atoms with Crippen molar-refractivity contribution >= 4 is 17.8 Å². The molecule has 0 saturated heterocycles. The average Bonchev–Trinajstić information content (AvgIpc) is 2.32. The second-order valence-electron chi connectivity index (χ2n) is 4.59. The molecule has 0 aliphatic rings. The molecule has 2 amide bonds. The predicted octanol–water partition coefficient (Wildman–Crippen LogP) is 1.02. The van der Waals surface area contributed by atoms with Crippen LogP contribution < -0.4 is 10.6 Å². The maximum absolute atomic E-state index is 12.0. The Hall–Kier alpha value is -1.85. The minimum Gasteiger partial charge on any atom is -0.445 e. The third kappa shape index (κ3) is 6.59. The van der Waals surface area contributed by atoms with E-state index in [1.165, 1.54) is 13.0 Å². The standard InChI is InChI=1S/C13H22N2O4/c1-6-7-19-13(18)15-11(8(2)3)12(17)14-9(4)10(5)16/h6,8-9,11H,1,7H2,2-5H3,(H,14,17)(H,15,18)/t9-,11-/m0/s1. The number of hydrogen-bond donors (Lipinski definition) is 2. The van der Waals surface area contributed by atoms with Gasteiger partial charge in [-0.1, -0.05) is 26.5 Å². The normalized spacial score (nSPS) is 13.3. The molecule has 2 atom stereocenters. The van der Waals surface area contributed by atoms with Crippen molar-refractivity contribution < 1.29 is 19.1 Å². The van der Waals surface area contributed by atoms with E-state index in [9.17, 15) is 14.4 Å². The molecule has 6 heteroatoms. The summed E-state index contributed by atoms with van der Waals surface area (Å²) >= 11 is 0. The van der Waals surface area contributed by atoms with Gasteiger partial charge in [-0.25, -0.2) is 4.79 Å². The van der Waals surface area contributed by atoms with E-state index in [1.54, 1.807) is 20.8 Å². The van der Waals surface area contributed by atoms with Crippen molar-refractivity contribution in [2.24, 2.45) is 5.92 Å². The van der Waals surface area contributed by atoms with Gasteiger partial charge in [0, 0.05) is 0 Å². The van der Waals surface area contributed by atoms with E-state index in [1.807, 2.05) is 0 Å². The molecule has 0 rings (SSSR count). The number of nitrogens with one attached hydrogen (secondary N) is 2. The summed E-state index contributed by atoms with van der Waals surface area (Å²) in [6, 6.07) is -1.33. The number of alkyl carbamates (subject to hydrolysis) is 1. The Morgan fingerprint density at radius 2 is 1.79 bits per heavy atom. The Morgan fingerprint density at radius 1 is 1.21 bits per heavy atom. The molecule has 0 saturated carbocycles. The highest BCUT2D eigenvalue weighted by atomic mass is 16.5. The van der Waals surface area contributed by atoms with Crippen LogP contribution in [0.1, 0.15) is 27.7 Å². The largest absolute Gasteiger partial charge is 0.445 e. The van der Waals surface area contributed by atoms with Crippen molar-refractivity contribution in [2.75, 3.05) is 6.61 Å². The molecule has 0 radical (unpaired) electrons. The SMILES string of the molecule is C=CCOC(=O)N[C@H](C(=O)N[C@@H](C)C(C)=O)C(C)C. The Balaban J connectivity index is 4.55. The summed E-state index contributed by atoms with van der Waals surface area (Å²) in [4.78, 5) is 34.5. The van der Waals surface area contributed by atoms with Gasteiger partial charge in [0.1, 0.15) is 12.6 Å². The molecule has 0 aromatic rings. The topological polar surface area (TPSA) is 84.5 Å². The van der Waals surface area contributed by atoms with Crippen LogP contribution in [0.15, 0.2) is 12.7 Å². The van der Waals surface area contributed by atoms with Gasteiger partial charge >= 0.3 is 6.09 Å². The smallest absolute Gasteiger partial charge is 0.408 e. The fourth-order valence-electron chi connectivity index (χ4n) is 1.24. The van der Waals surface area contributed by atoms with Gasteiger partial charge in [-0.3, -0.25) is 9.59 Å². The first-order valence-corrected chi connectivity index (χ1v) is 6.14. The van der Waals surface area contributed by atoms with Crippen molar-refractivity contribution in [3.63, 3.8) is 0 Å². The van der Waals surface area contributed by atoms with E-state index in [2.05, 4.69) is 17.2 Å². The molecule has 0 unspecified atom stereocenters. The van der Waals surface area contributed by atoms with Crippen molar-refractivity contribution in [1.29, 1.82) is 0 Å². The Bertz CT molecular complexity index is 353. The molecular weight excluding hydrogens is 248 g/mol. The molecular formula is C13H22N2O4. The lowest BCUT2D eigenvalue weighted by molar-refractivity contribution is -0.128.